The number of benzene rings is 1. The molecule has 1 aromatic carbocycles. The van der Waals surface area contributed by atoms with Gasteiger partial charge in [0.25, 0.3) is 0 Å². The summed E-state index contributed by atoms with van der Waals surface area (Å²) < 4.78 is 0. The van der Waals surface area contributed by atoms with Gasteiger partial charge in [0.15, 0.2) is 0 Å². The van der Waals surface area contributed by atoms with Crippen LogP contribution in [0.3, 0.4) is 0 Å². The predicted molar refractivity (Wildman–Crippen MR) is 67.1 cm³/mol. The highest BCUT2D eigenvalue weighted by Crippen LogP contribution is 2.28. The summed E-state index contributed by atoms with van der Waals surface area (Å²) in [5.41, 5.74) is -0.486. The molecule has 0 aliphatic heterocycles. The van der Waals surface area contributed by atoms with Gasteiger partial charge in [0.2, 0.25) is 0 Å². The minimum Gasteiger partial charge on any atom is -0.477 e. The molecule has 0 saturated heterocycles. The molecule has 18 heavy (non-hydrogen) atoms. The van der Waals surface area contributed by atoms with Crippen molar-refractivity contribution in [3.8, 4) is 0 Å². The van der Waals surface area contributed by atoms with Gasteiger partial charge in [0, 0.05) is 13.1 Å². The quantitative estimate of drug-likeness (QED) is 0.585. The van der Waals surface area contributed by atoms with Crippen molar-refractivity contribution in [2.24, 2.45) is 0 Å². The molecular weight excluding hydrogens is 238 g/mol. The zero-order chi connectivity index (χ0) is 13.7. The van der Waals surface area contributed by atoms with Gasteiger partial charge in [0.1, 0.15) is 11.3 Å². The minimum absolute atomic E-state index is 0.224. The summed E-state index contributed by atoms with van der Waals surface area (Å²) in [6.45, 7) is 1.19. The Morgan fingerprint density at radius 1 is 1.50 bits per heavy atom. The first-order chi connectivity index (χ1) is 8.43. The molecule has 7 heteroatoms. The average molecular weight is 253 g/mol. The molecular formula is C11H15N3O4. The van der Waals surface area contributed by atoms with Crippen LogP contribution in [-0.2, 0) is 0 Å². The minimum atomic E-state index is -1.31. The second kappa shape index (κ2) is 5.97. The van der Waals surface area contributed by atoms with E-state index in [0.717, 1.165) is 0 Å². The highest BCUT2D eigenvalue weighted by molar-refractivity contribution is 5.95. The Bertz CT molecular complexity index is 460. The van der Waals surface area contributed by atoms with E-state index in [1.807, 2.05) is 19.0 Å². The number of nitrogens with one attached hydrogen (secondary N) is 1. The van der Waals surface area contributed by atoms with Crippen LogP contribution in [0.4, 0.5) is 11.4 Å². The Morgan fingerprint density at radius 3 is 2.67 bits per heavy atom. The van der Waals surface area contributed by atoms with Gasteiger partial charge >= 0.3 is 11.7 Å². The molecule has 0 radical (unpaired) electrons. The maximum atomic E-state index is 10.9. The first-order valence-corrected chi connectivity index (χ1v) is 5.32. The van der Waals surface area contributed by atoms with Gasteiger partial charge in [-0.3, -0.25) is 10.1 Å². The van der Waals surface area contributed by atoms with E-state index in [1.165, 1.54) is 18.2 Å². The van der Waals surface area contributed by atoms with E-state index < -0.39 is 16.6 Å². The summed E-state index contributed by atoms with van der Waals surface area (Å²) >= 11 is 0. The molecule has 2 N–H and O–H groups in total. The fourth-order valence-corrected chi connectivity index (χ4v) is 1.47. The molecule has 0 aliphatic carbocycles. The van der Waals surface area contributed by atoms with Crippen LogP contribution in [-0.4, -0.2) is 48.1 Å². The number of likely N-dealkylation sites (N-methyl/N-ethyl adjacent to an activating group) is 1. The molecule has 98 valence electrons. The Hall–Kier alpha value is -2.15. The number of aromatic carboxylic acids is 1. The number of nitrogens with zero attached hydrogens (tertiary/aromatic N) is 2. The third-order valence-corrected chi connectivity index (χ3v) is 2.32. The summed E-state index contributed by atoms with van der Waals surface area (Å²) in [4.78, 5) is 23.1. The van der Waals surface area contributed by atoms with E-state index in [0.29, 0.717) is 13.1 Å². The number of carboxylic acid groups (broad SMARTS) is 1. The molecule has 0 bridgehead atoms. The lowest BCUT2D eigenvalue weighted by Crippen LogP contribution is -2.21. The summed E-state index contributed by atoms with van der Waals surface area (Å²) in [5, 5.41) is 22.7. The Labute approximate surface area is 104 Å². The van der Waals surface area contributed by atoms with Crippen LogP contribution in [0.1, 0.15) is 10.4 Å². The van der Waals surface area contributed by atoms with Crippen LogP contribution in [0.2, 0.25) is 0 Å². The molecule has 1 rings (SSSR count). The number of anilines is 1. The van der Waals surface area contributed by atoms with E-state index in [1.54, 1.807) is 0 Å². The van der Waals surface area contributed by atoms with Crippen molar-refractivity contribution in [1.29, 1.82) is 0 Å². The van der Waals surface area contributed by atoms with Crippen LogP contribution in [0, 0.1) is 10.1 Å². The van der Waals surface area contributed by atoms with Crippen LogP contribution in [0.15, 0.2) is 18.2 Å². The summed E-state index contributed by atoms with van der Waals surface area (Å²) in [6.07, 6.45) is 0. The van der Waals surface area contributed by atoms with Gasteiger partial charge in [-0.05, 0) is 26.2 Å². The summed E-state index contributed by atoms with van der Waals surface area (Å²) in [7, 11) is 3.76. The van der Waals surface area contributed by atoms with Crippen molar-refractivity contribution in [3.63, 3.8) is 0 Å². The molecule has 0 fully saturated rings. The lowest BCUT2D eigenvalue weighted by molar-refractivity contribution is -0.384. The van der Waals surface area contributed by atoms with E-state index in [2.05, 4.69) is 5.32 Å². The van der Waals surface area contributed by atoms with Crippen LogP contribution in [0.5, 0.6) is 0 Å². The molecule has 0 heterocycles. The SMILES string of the molecule is CN(C)CCNc1cccc(C(=O)O)c1[N+](=O)[O-]. The number of para-hydroxylation sites is 1. The van der Waals surface area contributed by atoms with Gasteiger partial charge in [-0.25, -0.2) is 4.79 Å². The van der Waals surface area contributed by atoms with E-state index in [-0.39, 0.29) is 11.3 Å². The predicted octanol–water partition coefficient (Wildman–Crippen LogP) is 1.27. The molecule has 0 unspecified atom stereocenters. The number of hydrogen-bond acceptors (Lipinski definition) is 5. The van der Waals surface area contributed by atoms with Crippen molar-refractivity contribution in [2.45, 2.75) is 0 Å². The fourth-order valence-electron chi connectivity index (χ4n) is 1.47. The van der Waals surface area contributed by atoms with Gasteiger partial charge in [-0.2, -0.15) is 0 Å². The molecule has 0 aliphatic rings. The van der Waals surface area contributed by atoms with Gasteiger partial charge in [0.05, 0.1) is 4.92 Å². The van der Waals surface area contributed by atoms with Crippen LogP contribution in [0.25, 0.3) is 0 Å². The molecule has 1 aromatic rings. The fraction of sp³-hybridized carbons (Fsp3) is 0.364. The maximum Gasteiger partial charge on any atom is 0.342 e. The largest absolute Gasteiger partial charge is 0.477 e. The topological polar surface area (TPSA) is 95.7 Å². The number of nitro benzene ring substituents is 1. The third-order valence-electron chi connectivity index (χ3n) is 2.32. The number of carbonyl (C=O) groups is 1. The molecule has 0 saturated carbocycles. The smallest absolute Gasteiger partial charge is 0.342 e. The highest BCUT2D eigenvalue weighted by atomic mass is 16.6. The number of hydrogen-bond donors (Lipinski definition) is 2. The normalized spacial score (nSPS) is 10.4. The van der Waals surface area contributed by atoms with Gasteiger partial charge < -0.3 is 15.3 Å². The standard InChI is InChI=1S/C11H15N3O4/c1-13(2)7-6-12-9-5-3-4-8(11(15)16)10(9)14(17)18/h3-5,12H,6-7H2,1-2H3,(H,15,16). The second-order valence-corrected chi connectivity index (χ2v) is 3.99. The summed E-state index contributed by atoms with van der Waals surface area (Å²) in [6, 6.07) is 4.20. The van der Waals surface area contributed by atoms with E-state index >= 15 is 0 Å². The van der Waals surface area contributed by atoms with E-state index in [9.17, 15) is 14.9 Å². The van der Waals surface area contributed by atoms with Crippen LogP contribution >= 0.6 is 0 Å². The Morgan fingerprint density at radius 2 is 2.17 bits per heavy atom. The molecule has 0 amide bonds. The van der Waals surface area contributed by atoms with E-state index in [4.69, 9.17) is 5.11 Å². The van der Waals surface area contributed by atoms with Gasteiger partial charge in [-0.1, -0.05) is 6.07 Å². The van der Waals surface area contributed by atoms with Crippen molar-refractivity contribution >= 4 is 17.3 Å². The first kappa shape index (κ1) is 13.9. The Kier molecular flexibility index (Phi) is 4.61. The summed E-state index contributed by atoms with van der Waals surface area (Å²) in [5.74, 6) is -1.31. The zero-order valence-electron chi connectivity index (χ0n) is 10.2. The van der Waals surface area contributed by atoms with Crippen molar-refractivity contribution in [1.82, 2.24) is 4.90 Å². The Balaban J connectivity index is 3.00. The highest BCUT2D eigenvalue weighted by Gasteiger charge is 2.23. The molecule has 0 aromatic heterocycles. The average Bonchev–Trinajstić information content (AvgIpc) is 2.27. The van der Waals surface area contributed by atoms with Gasteiger partial charge in [-0.15, -0.1) is 0 Å². The molecule has 0 spiro atoms. The molecule has 7 nitrogen and oxygen atoms in total. The zero-order valence-corrected chi connectivity index (χ0v) is 10.2. The van der Waals surface area contributed by atoms with Crippen molar-refractivity contribution in [3.05, 3.63) is 33.9 Å². The third kappa shape index (κ3) is 3.42. The first-order valence-electron chi connectivity index (χ1n) is 5.32. The number of rotatable bonds is 6. The number of carboxylic acids is 1. The van der Waals surface area contributed by atoms with Crippen LogP contribution < -0.4 is 5.32 Å². The maximum absolute atomic E-state index is 10.9. The van der Waals surface area contributed by atoms with Crippen molar-refractivity contribution in [2.75, 3.05) is 32.5 Å². The number of nitro groups is 1. The lowest BCUT2D eigenvalue weighted by atomic mass is 10.1. The molecule has 0 atom stereocenters. The van der Waals surface area contributed by atoms with Crippen molar-refractivity contribution < 1.29 is 14.8 Å². The monoisotopic (exact) mass is 253 g/mol. The lowest BCUT2D eigenvalue weighted by Gasteiger charge is -2.12. The second-order valence-electron chi connectivity index (χ2n) is 3.99.